The molecule has 0 saturated carbocycles. The van der Waals surface area contributed by atoms with Gasteiger partial charge in [0.25, 0.3) is 5.91 Å². The minimum atomic E-state index is -0.685. The van der Waals surface area contributed by atoms with Gasteiger partial charge in [0.1, 0.15) is 11.8 Å². The third-order valence-corrected chi connectivity index (χ3v) is 5.37. The predicted molar refractivity (Wildman–Crippen MR) is 113 cm³/mol. The zero-order valence-corrected chi connectivity index (χ0v) is 16.9. The molecule has 0 radical (unpaired) electrons. The number of nitrogens with two attached hydrogens (primary N) is 1. The smallest absolute Gasteiger partial charge is 0.267 e. The Morgan fingerprint density at radius 2 is 1.90 bits per heavy atom. The standard InChI is InChI=1S/C22H24N4O4/c1-22(2,14-8-9-18-19(10-14)30-13-29-18)12-24-21(28)16-11-17(20(23)27)26(25-16)15-6-4-3-5-7-15/h3-10,17H,11-13H2,1-2H3,(H2,23,27)(H,24,28). The molecule has 8 nitrogen and oxygen atoms in total. The van der Waals surface area contributed by atoms with Gasteiger partial charge in [-0.15, -0.1) is 0 Å². The van der Waals surface area contributed by atoms with Crippen molar-refractivity contribution < 1.29 is 19.1 Å². The SMILES string of the molecule is CC(C)(CNC(=O)C1=NN(c2ccccc2)C(C(N)=O)C1)c1ccc2c(c1)OCO2. The van der Waals surface area contributed by atoms with Gasteiger partial charge in [-0.2, -0.15) is 5.10 Å². The molecule has 0 bridgehead atoms. The highest BCUT2D eigenvalue weighted by Gasteiger charge is 2.35. The Morgan fingerprint density at radius 3 is 2.63 bits per heavy atom. The van der Waals surface area contributed by atoms with Gasteiger partial charge < -0.3 is 20.5 Å². The molecular formula is C22H24N4O4. The lowest BCUT2D eigenvalue weighted by Crippen LogP contribution is -2.41. The number of hydrogen-bond donors (Lipinski definition) is 2. The summed E-state index contributed by atoms with van der Waals surface area (Å²) in [6.07, 6.45) is 0.167. The van der Waals surface area contributed by atoms with Crippen LogP contribution in [-0.4, -0.2) is 36.9 Å². The van der Waals surface area contributed by atoms with Gasteiger partial charge in [0.15, 0.2) is 11.5 Å². The number of ether oxygens (including phenoxy) is 2. The van der Waals surface area contributed by atoms with E-state index in [9.17, 15) is 9.59 Å². The van der Waals surface area contributed by atoms with Crippen LogP contribution >= 0.6 is 0 Å². The topological polar surface area (TPSA) is 106 Å². The molecule has 2 aliphatic heterocycles. The number of para-hydroxylation sites is 1. The van der Waals surface area contributed by atoms with Crippen molar-refractivity contribution in [1.82, 2.24) is 5.32 Å². The molecule has 0 spiro atoms. The van der Waals surface area contributed by atoms with Crippen LogP contribution in [0.15, 0.2) is 53.6 Å². The molecule has 8 heteroatoms. The average molecular weight is 408 g/mol. The molecule has 156 valence electrons. The van der Waals surface area contributed by atoms with Gasteiger partial charge in [0.2, 0.25) is 12.7 Å². The first-order chi connectivity index (χ1) is 14.3. The third kappa shape index (κ3) is 3.80. The maximum absolute atomic E-state index is 12.8. The Morgan fingerprint density at radius 1 is 1.17 bits per heavy atom. The van der Waals surface area contributed by atoms with Crippen LogP contribution in [0, 0.1) is 0 Å². The van der Waals surface area contributed by atoms with Gasteiger partial charge in [0.05, 0.1) is 5.69 Å². The summed E-state index contributed by atoms with van der Waals surface area (Å²) < 4.78 is 10.8. The second-order valence-corrected chi connectivity index (χ2v) is 7.98. The summed E-state index contributed by atoms with van der Waals surface area (Å²) in [5, 5.41) is 8.84. The molecule has 30 heavy (non-hydrogen) atoms. The van der Waals surface area contributed by atoms with Crippen LogP contribution in [0.2, 0.25) is 0 Å². The number of rotatable bonds is 6. The van der Waals surface area contributed by atoms with Crippen molar-refractivity contribution in [3.63, 3.8) is 0 Å². The summed E-state index contributed by atoms with van der Waals surface area (Å²) in [4.78, 5) is 24.7. The van der Waals surface area contributed by atoms with Crippen molar-refractivity contribution in [3.05, 3.63) is 54.1 Å². The maximum atomic E-state index is 12.8. The zero-order chi connectivity index (χ0) is 21.3. The van der Waals surface area contributed by atoms with Crippen LogP contribution in [0.25, 0.3) is 0 Å². The van der Waals surface area contributed by atoms with E-state index in [4.69, 9.17) is 15.2 Å². The normalized spacial score (nSPS) is 17.6. The number of amides is 2. The van der Waals surface area contributed by atoms with E-state index in [0.717, 1.165) is 11.3 Å². The Hall–Kier alpha value is -3.55. The molecule has 3 N–H and O–H groups in total. The van der Waals surface area contributed by atoms with E-state index in [1.165, 1.54) is 5.01 Å². The highest BCUT2D eigenvalue weighted by Crippen LogP contribution is 2.36. The monoisotopic (exact) mass is 408 g/mol. The van der Waals surface area contributed by atoms with Crippen LogP contribution in [0.3, 0.4) is 0 Å². The number of fused-ring (bicyclic) bond motifs is 1. The van der Waals surface area contributed by atoms with Crippen molar-refractivity contribution in [2.24, 2.45) is 10.8 Å². The van der Waals surface area contributed by atoms with Crippen molar-refractivity contribution in [3.8, 4) is 11.5 Å². The van der Waals surface area contributed by atoms with Crippen LogP contribution in [0.1, 0.15) is 25.8 Å². The summed E-state index contributed by atoms with van der Waals surface area (Å²) in [6, 6.07) is 14.3. The lowest BCUT2D eigenvalue weighted by atomic mass is 9.84. The minimum absolute atomic E-state index is 0.167. The molecule has 2 aromatic rings. The van der Waals surface area contributed by atoms with Gasteiger partial charge in [-0.05, 0) is 29.8 Å². The second-order valence-electron chi connectivity index (χ2n) is 7.98. The number of hydrogen-bond acceptors (Lipinski definition) is 6. The van der Waals surface area contributed by atoms with Crippen LogP contribution in [-0.2, 0) is 15.0 Å². The minimum Gasteiger partial charge on any atom is -0.454 e. The molecule has 2 amide bonds. The van der Waals surface area contributed by atoms with E-state index in [0.29, 0.717) is 18.0 Å². The number of hydrazone groups is 1. The summed E-state index contributed by atoms with van der Waals surface area (Å²) in [7, 11) is 0. The molecule has 4 rings (SSSR count). The molecule has 1 atom stereocenters. The second kappa shape index (κ2) is 7.70. The molecule has 0 aromatic heterocycles. The van der Waals surface area contributed by atoms with E-state index in [1.807, 2.05) is 62.4 Å². The molecule has 2 aliphatic rings. The van der Waals surface area contributed by atoms with Crippen molar-refractivity contribution >= 4 is 23.2 Å². The lowest BCUT2D eigenvalue weighted by Gasteiger charge is -2.25. The van der Waals surface area contributed by atoms with Crippen LogP contribution < -0.4 is 25.5 Å². The number of benzene rings is 2. The quantitative estimate of drug-likeness (QED) is 0.760. The van der Waals surface area contributed by atoms with Gasteiger partial charge >= 0.3 is 0 Å². The Bertz CT molecular complexity index is 1000. The number of carbonyl (C=O) groups excluding carboxylic acids is 2. The first-order valence-corrected chi connectivity index (χ1v) is 9.74. The fourth-order valence-electron chi connectivity index (χ4n) is 3.51. The summed E-state index contributed by atoms with van der Waals surface area (Å²) in [5.41, 5.74) is 7.20. The van der Waals surface area contributed by atoms with Gasteiger partial charge in [-0.1, -0.05) is 38.1 Å². The fourth-order valence-corrected chi connectivity index (χ4v) is 3.51. The third-order valence-electron chi connectivity index (χ3n) is 5.37. The van der Waals surface area contributed by atoms with Crippen molar-refractivity contribution in [2.45, 2.75) is 31.7 Å². The zero-order valence-electron chi connectivity index (χ0n) is 16.9. The molecule has 2 heterocycles. The Balaban J connectivity index is 1.46. The predicted octanol–water partition coefficient (Wildman–Crippen LogP) is 1.93. The van der Waals surface area contributed by atoms with Crippen LogP contribution in [0.4, 0.5) is 5.69 Å². The summed E-state index contributed by atoms with van der Waals surface area (Å²) >= 11 is 0. The van der Waals surface area contributed by atoms with Crippen molar-refractivity contribution in [2.75, 3.05) is 18.3 Å². The molecule has 2 aromatic carbocycles. The first kappa shape index (κ1) is 19.8. The highest BCUT2D eigenvalue weighted by atomic mass is 16.7. The molecular weight excluding hydrogens is 384 g/mol. The number of anilines is 1. The average Bonchev–Trinajstić information content (AvgIpc) is 3.39. The number of primary amides is 1. The fraction of sp³-hybridized carbons (Fsp3) is 0.318. The Labute approximate surface area is 174 Å². The molecule has 1 unspecified atom stereocenters. The highest BCUT2D eigenvalue weighted by molar-refractivity contribution is 6.40. The Kier molecular flexibility index (Phi) is 5.07. The molecule has 0 aliphatic carbocycles. The number of nitrogens with one attached hydrogen (secondary N) is 1. The largest absolute Gasteiger partial charge is 0.454 e. The van der Waals surface area contributed by atoms with Gasteiger partial charge in [-0.25, -0.2) is 0 Å². The van der Waals surface area contributed by atoms with E-state index in [-0.39, 0.29) is 30.2 Å². The van der Waals surface area contributed by atoms with E-state index < -0.39 is 11.9 Å². The number of carbonyl (C=O) groups is 2. The van der Waals surface area contributed by atoms with Crippen molar-refractivity contribution in [1.29, 1.82) is 0 Å². The summed E-state index contributed by atoms with van der Waals surface area (Å²) in [5.74, 6) is 0.590. The summed E-state index contributed by atoms with van der Waals surface area (Å²) in [6.45, 7) is 4.67. The molecule has 0 fully saturated rings. The van der Waals surface area contributed by atoms with Crippen LogP contribution in [0.5, 0.6) is 11.5 Å². The van der Waals surface area contributed by atoms with Gasteiger partial charge in [0, 0.05) is 18.4 Å². The van der Waals surface area contributed by atoms with E-state index >= 15 is 0 Å². The molecule has 0 saturated heterocycles. The first-order valence-electron chi connectivity index (χ1n) is 9.74. The van der Waals surface area contributed by atoms with Gasteiger partial charge in [-0.3, -0.25) is 14.6 Å². The van der Waals surface area contributed by atoms with E-state index in [1.54, 1.807) is 0 Å². The maximum Gasteiger partial charge on any atom is 0.267 e. The lowest BCUT2D eigenvalue weighted by molar-refractivity contribution is -0.119. The number of nitrogens with zero attached hydrogens (tertiary/aromatic N) is 2. The van der Waals surface area contributed by atoms with E-state index in [2.05, 4.69) is 10.4 Å².